The molecule has 1 aliphatic rings. The molecule has 0 spiro atoms. The Bertz CT molecular complexity index is 565. The Hall–Kier alpha value is -1.49. The molecular formula is C14H17BrN4O2. The van der Waals surface area contributed by atoms with Crippen LogP contribution >= 0.6 is 15.9 Å². The van der Waals surface area contributed by atoms with Gasteiger partial charge in [0.1, 0.15) is 0 Å². The normalized spacial score (nSPS) is 18.1. The molecule has 2 rings (SSSR count). The molecule has 1 aromatic carbocycles. The van der Waals surface area contributed by atoms with Crippen molar-refractivity contribution in [2.24, 2.45) is 0 Å². The lowest BCUT2D eigenvalue weighted by molar-refractivity contribution is -0.384. The van der Waals surface area contributed by atoms with Gasteiger partial charge in [-0.2, -0.15) is 5.26 Å². The molecule has 1 unspecified atom stereocenters. The highest BCUT2D eigenvalue weighted by atomic mass is 79.9. The van der Waals surface area contributed by atoms with Crippen molar-refractivity contribution in [1.82, 2.24) is 9.80 Å². The minimum absolute atomic E-state index is 0.0433. The fraction of sp³-hybridized carbons (Fsp3) is 0.500. The summed E-state index contributed by atoms with van der Waals surface area (Å²) in [4.78, 5) is 14.8. The van der Waals surface area contributed by atoms with Crippen molar-refractivity contribution < 1.29 is 4.92 Å². The van der Waals surface area contributed by atoms with Gasteiger partial charge in [0.25, 0.3) is 5.69 Å². The summed E-state index contributed by atoms with van der Waals surface area (Å²) in [5, 5.41) is 19.7. The van der Waals surface area contributed by atoms with E-state index < -0.39 is 4.92 Å². The number of nitro benzene ring substituents is 1. The topological polar surface area (TPSA) is 73.4 Å². The van der Waals surface area contributed by atoms with E-state index in [2.05, 4.69) is 31.8 Å². The van der Waals surface area contributed by atoms with Crippen LogP contribution in [0.1, 0.15) is 12.5 Å². The van der Waals surface area contributed by atoms with Gasteiger partial charge in [0.05, 0.1) is 17.0 Å². The molecule has 0 bridgehead atoms. The van der Waals surface area contributed by atoms with Crippen molar-refractivity contribution in [2.45, 2.75) is 19.5 Å². The summed E-state index contributed by atoms with van der Waals surface area (Å²) in [6.07, 6.45) is 0. The molecule has 21 heavy (non-hydrogen) atoms. The molecule has 1 fully saturated rings. The average molecular weight is 353 g/mol. The lowest BCUT2D eigenvalue weighted by Crippen LogP contribution is -2.48. The maximum Gasteiger partial charge on any atom is 0.270 e. The number of non-ortho nitro benzene ring substituents is 1. The van der Waals surface area contributed by atoms with E-state index in [-0.39, 0.29) is 11.7 Å². The van der Waals surface area contributed by atoms with Gasteiger partial charge in [-0.15, -0.1) is 0 Å². The van der Waals surface area contributed by atoms with Gasteiger partial charge in [-0.1, -0.05) is 15.9 Å². The average Bonchev–Trinajstić information content (AvgIpc) is 2.49. The molecule has 0 saturated carbocycles. The van der Waals surface area contributed by atoms with Crippen LogP contribution in [0.15, 0.2) is 22.7 Å². The van der Waals surface area contributed by atoms with Gasteiger partial charge < -0.3 is 0 Å². The number of hydrogen-bond acceptors (Lipinski definition) is 5. The molecule has 1 atom stereocenters. The number of nitriles is 1. The van der Waals surface area contributed by atoms with Gasteiger partial charge in [-0.25, -0.2) is 0 Å². The van der Waals surface area contributed by atoms with Crippen LogP contribution in [-0.4, -0.2) is 46.9 Å². The van der Waals surface area contributed by atoms with E-state index >= 15 is 0 Å². The van der Waals surface area contributed by atoms with Crippen molar-refractivity contribution in [3.8, 4) is 6.07 Å². The maximum atomic E-state index is 10.7. The van der Waals surface area contributed by atoms with Gasteiger partial charge in [-0.3, -0.25) is 19.9 Å². The van der Waals surface area contributed by atoms with Crippen molar-refractivity contribution in [3.05, 3.63) is 38.3 Å². The Balaban J connectivity index is 1.95. The number of benzene rings is 1. The zero-order valence-electron chi connectivity index (χ0n) is 11.8. The molecule has 0 amide bonds. The number of piperazine rings is 1. The van der Waals surface area contributed by atoms with E-state index in [4.69, 9.17) is 5.26 Å². The van der Waals surface area contributed by atoms with Crippen LogP contribution in [0.5, 0.6) is 0 Å². The van der Waals surface area contributed by atoms with Crippen molar-refractivity contribution in [2.75, 3.05) is 26.2 Å². The van der Waals surface area contributed by atoms with Crippen LogP contribution in [-0.2, 0) is 6.54 Å². The third-order valence-corrected chi connectivity index (χ3v) is 4.52. The summed E-state index contributed by atoms with van der Waals surface area (Å²) in [5.74, 6) is 0. The van der Waals surface area contributed by atoms with Gasteiger partial charge in [0.2, 0.25) is 0 Å². The summed E-state index contributed by atoms with van der Waals surface area (Å²) >= 11 is 3.40. The van der Waals surface area contributed by atoms with E-state index in [1.54, 1.807) is 12.1 Å². The Morgan fingerprint density at radius 1 is 1.43 bits per heavy atom. The van der Waals surface area contributed by atoms with Crippen LogP contribution in [0.3, 0.4) is 0 Å². The lowest BCUT2D eigenvalue weighted by Gasteiger charge is -2.36. The Kier molecular flexibility index (Phi) is 5.28. The molecule has 112 valence electrons. The third kappa shape index (κ3) is 4.00. The molecule has 0 aliphatic carbocycles. The van der Waals surface area contributed by atoms with Crippen molar-refractivity contribution in [3.63, 3.8) is 0 Å². The largest absolute Gasteiger partial charge is 0.297 e. The minimum atomic E-state index is -0.392. The monoisotopic (exact) mass is 352 g/mol. The predicted octanol–water partition coefficient (Wildman–Crippen LogP) is 2.39. The zero-order valence-corrected chi connectivity index (χ0v) is 13.4. The Morgan fingerprint density at radius 3 is 2.62 bits per heavy atom. The Morgan fingerprint density at radius 2 is 2.10 bits per heavy atom. The summed E-state index contributed by atoms with van der Waals surface area (Å²) in [6, 6.07) is 7.10. The van der Waals surface area contributed by atoms with E-state index in [0.29, 0.717) is 0 Å². The SMILES string of the molecule is CC(C#N)N1CCN(Cc2ccc([N+](=O)[O-])cc2Br)CC1. The maximum absolute atomic E-state index is 10.7. The molecule has 1 aromatic rings. The lowest BCUT2D eigenvalue weighted by atomic mass is 10.1. The molecule has 6 nitrogen and oxygen atoms in total. The van der Waals surface area contributed by atoms with Crippen molar-refractivity contribution >= 4 is 21.6 Å². The first kappa shape index (κ1) is 15.9. The Labute approximate surface area is 132 Å². The van der Waals surface area contributed by atoms with E-state index in [9.17, 15) is 10.1 Å². The molecule has 1 heterocycles. The quantitative estimate of drug-likeness (QED) is 0.614. The summed E-state index contributed by atoms with van der Waals surface area (Å²) in [5.41, 5.74) is 1.14. The number of rotatable bonds is 4. The van der Waals surface area contributed by atoms with Gasteiger partial charge >= 0.3 is 0 Å². The molecule has 0 radical (unpaired) electrons. The first-order chi connectivity index (χ1) is 10.0. The third-order valence-electron chi connectivity index (χ3n) is 3.78. The minimum Gasteiger partial charge on any atom is -0.297 e. The second-order valence-corrected chi connectivity index (χ2v) is 6.00. The van der Waals surface area contributed by atoms with Crippen LogP contribution < -0.4 is 0 Å². The summed E-state index contributed by atoms with van der Waals surface area (Å²) < 4.78 is 0.768. The summed E-state index contributed by atoms with van der Waals surface area (Å²) in [7, 11) is 0. The van der Waals surface area contributed by atoms with Crippen LogP contribution in [0, 0.1) is 21.4 Å². The molecule has 1 saturated heterocycles. The highest BCUT2D eigenvalue weighted by molar-refractivity contribution is 9.10. The van der Waals surface area contributed by atoms with Crippen molar-refractivity contribution in [1.29, 1.82) is 5.26 Å². The van der Waals surface area contributed by atoms with E-state index in [1.807, 2.05) is 6.92 Å². The van der Waals surface area contributed by atoms with Gasteiger partial charge in [0.15, 0.2) is 0 Å². The molecule has 0 N–H and O–H groups in total. The highest BCUT2D eigenvalue weighted by Gasteiger charge is 2.21. The zero-order chi connectivity index (χ0) is 15.4. The predicted molar refractivity (Wildman–Crippen MR) is 82.7 cm³/mol. The molecule has 0 aromatic heterocycles. The van der Waals surface area contributed by atoms with Crippen LogP contribution in [0.4, 0.5) is 5.69 Å². The smallest absolute Gasteiger partial charge is 0.270 e. The van der Waals surface area contributed by atoms with E-state index in [1.165, 1.54) is 6.07 Å². The first-order valence-corrected chi connectivity index (χ1v) is 7.59. The molecule has 7 heteroatoms. The molecular weight excluding hydrogens is 336 g/mol. The van der Waals surface area contributed by atoms with Crippen LogP contribution in [0.25, 0.3) is 0 Å². The number of nitro groups is 1. The number of halogens is 1. The van der Waals surface area contributed by atoms with Gasteiger partial charge in [0, 0.05) is 49.3 Å². The highest BCUT2D eigenvalue weighted by Crippen LogP contribution is 2.24. The number of hydrogen-bond donors (Lipinski definition) is 0. The van der Waals surface area contributed by atoms with E-state index in [0.717, 1.165) is 42.8 Å². The second-order valence-electron chi connectivity index (χ2n) is 5.15. The molecule has 1 aliphatic heterocycles. The van der Waals surface area contributed by atoms with Crippen LogP contribution in [0.2, 0.25) is 0 Å². The fourth-order valence-electron chi connectivity index (χ4n) is 2.41. The summed E-state index contributed by atoms with van der Waals surface area (Å²) in [6.45, 7) is 6.22. The standard InChI is InChI=1S/C14H17BrN4O2/c1-11(9-16)18-6-4-17(5-7-18)10-12-2-3-13(19(20)21)8-14(12)15/h2-3,8,11H,4-7,10H2,1H3. The van der Waals surface area contributed by atoms with Gasteiger partial charge in [-0.05, 0) is 18.6 Å². The first-order valence-electron chi connectivity index (χ1n) is 6.80. The fourth-order valence-corrected chi connectivity index (χ4v) is 2.90. The second kappa shape index (κ2) is 6.98. The number of nitrogens with zero attached hydrogens (tertiary/aromatic N) is 4.